The molecule has 0 fully saturated rings. The molecular weight excluding hydrogens is 376 g/mol. The Balaban J connectivity index is 1.97. The predicted molar refractivity (Wildman–Crippen MR) is 110 cm³/mol. The Labute approximate surface area is 169 Å². The fraction of sp³-hybridized carbons (Fsp3) is 0.550. The first-order valence-corrected chi connectivity index (χ1v) is 10.1. The van der Waals surface area contributed by atoms with Crippen molar-refractivity contribution in [3.8, 4) is 0 Å². The molecule has 1 aliphatic heterocycles. The third-order valence-corrected chi connectivity index (χ3v) is 6.35. The number of nitrogens with one attached hydrogen (secondary N) is 2. The molecule has 2 N–H and O–H groups in total. The number of rotatable bonds is 4. The molecule has 7 nitrogen and oxygen atoms in total. The van der Waals surface area contributed by atoms with Gasteiger partial charge in [0.1, 0.15) is 11.5 Å². The Kier molecular flexibility index (Phi) is 5.14. The van der Waals surface area contributed by atoms with Crippen LogP contribution in [0, 0.1) is 13.8 Å². The van der Waals surface area contributed by atoms with Gasteiger partial charge >= 0.3 is 5.97 Å². The van der Waals surface area contributed by atoms with Gasteiger partial charge in [-0.3, -0.25) is 9.48 Å². The van der Waals surface area contributed by atoms with Crippen LogP contribution < -0.4 is 10.6 Å². The summed E-state index contributed by atoms with van der Waals surface area (Å²) >= 11 is 1.44. The first-order valence-electron chi connectivity index (χ1n) is 9.28. The zero-order valence-electron chi connectivity index (χ0n) is 17.5. The zero-order chi connectivity index (χ0) is 20.9. The summed E-state index contributed by atoms with van der Waals surface area (Å²) in [4.78, 5) is 26.3. The van der Waals surface area contributed by atoms with E-state index < -0.39 is 5.97 Å². The van der Waals surface area contributed by atoms with Crippen LogP contribution in [0.4, 0.5) is 5.00 Å². The van der Waals surface area contributed by atoms with Gasteiger partial charge in [-0.15, -0.1) is 11.3 Å². The van der Waals surface area contributed by atoms with Gasteiger partial charge in [-0.1, -0.05) is 0 Å². The molecule has 0 aliphatic carbocycles. The standard InChI is InChI=1S/C20H28N4O3S/c1-11-8-12(2)24(22-11)10-14(25)21-17-15(18(26)27-7)13-9-19(3,4)23-20(5,6)16(13)28-17/h8,23H,9-10H2,1-7H3,(H,21,25). The molecule has 0 bridgehead atoms. The van der Waals surface area contributed by atoms with Crippen LogP contribution in [0.1, 0.15) is 59.9 Å². The highest BCUT2D eigenvalue weighted by atomic mass is 32.1. The molecule has 28 heavy (non-hydrogen) atoms. The number of carbonyl (C=O) groups is 2. The third-order valence-electron chi connectivity index (χ3n) is 4.88. The summed E-state index contributed by atoms with van der Waals surface area (Å²) in [5, 5.41) is 11.4. The molecule has 1 amide bonds. The lowest BCUT2D eigenvalue weighted by atomic mass is 9.81. The number of ether oxygens (including phenoxy) is 1. The third kappa shape index (κ3) is 3.84. The first kappa shape index (κ1) is 20.5. The lowest BCUT2D eigenvalue weighted by Crippen LogP contribution is -2.55. The number of hydrogen-bond acceptors (Lipinski definition) is 6. The van der Waals surface area contributed by atoms with Crippen molar-refractivity contribution in [2.24, 2.45) is 0 Å². The fourth-order valence-electron chi connectivity index (χ4n) is 4.07. The highest BCUT2D eigenvalue weighted by Crippen LogP contribution is 2.45. The zero-order valence-corrected chi connectivity index (χ0v) is 18.3. The average Bonchev–Trinajstić information content (AvgIpc) is 3.05. The number of hydrogen-bond donors (Lipinski definition) is 2. The maximum Gasteiger partial charge on any atom is 0.341 e. The van der Waals surface area contributed by atoms with E-state index in [4.69, 9.17) is 4.74 Å². The summed E-state index contributed by atoms with van der Waals surface area (Å²) in [7, 11) is 1.37. The topological polar surface area (TPSA) is 85.2 Å². The van der Waals surface area contributed by atoms with E-state index in [1.54, 1.807) is 4.68 Å². The largest absolute Gasteiger partial charge is 0.465 e. The van der Waals surface area contributed by atoms with Gasteiger partial charge in [0.05, 0.1) is 18.4 Å². The van der Waals surface area contributed by atoms with Crippen molar-refractivity contribution in [1.82, 2.24) is 15.1 Å². The summed E-state index contributed by atoms with van der Waals surface area (Å²) in [6, 6.07) is 1.92. The molecule has 0 saturated heterocycles. The number of nitrogens with zero attached hydrogens (tertiary/aromatic N) is 2. The number of thiophene rings is 1. The van der Waals surface area contributed by atoms with Gasteiger partial charge in [0.15, 0.2) is 0 Å². The normalized spacial score (nSPS) is 17.1. The molecule has 8 heteroatoms. The molecule has 3 rings (SSSR count). The Hall–Kier alpha value is -2.19. The summed E-state index contributed by atoms with van der Waals surface area (Å²) in [6.45, 7) is 12.3. The Morgan fingerprint density at radius 3 is 2.57 bits per heavy atom. The number of aromatic nitrogens is 2. The SMILES string of the molecule is COC(=O)c1c(NC(=O)Cn2nc(C)cc2C)sc2c1CC(C)(C)NC2(C)C. The molecule has 1 aliphatic rings. The fourth-order valence-corrected chi connectivity index (χ4v) is 5.35. The van der Waals surface area contributed by atoms with E-state index in [-0.39, 0.29) is 23.5 Å². The van der Waals surface area contributed by atoms with Crippen LogP contribution in [-0.2, 0) is 28.0 Å². The lowest BCUT2D eigenvalue weighted by Gasteiger charge is -2.42. The maximum atomic E-state index is 12.7. The van der Waals surface area contributed by atoms with Crippen LogP contribution in [-0.4, -0.2) is 34.3 Å². The van der Waals surface area contributed by atoms with Gasteiger partial charge in [0.25, 0.3) is 0 Å². The van der Waals surface area contributed by atoms with E-state index in [1.807, 2.05) is 19.9 Å². The van der Waals surface area contributed by atoms with Crippen LogP contribution in [0.2, 0.25) is 0 Å². The average molecular weight is 405 g/mol. The number of fused-ring (bicyclic) bond motifs is 1. The molecule has 0 atom stereocenters. The van der Waals surface area contributed by atoms with Crippen molar-refractivity contribution >= 4 is 28.2 Å². The number of carbonyl (C=O) groups excluding carboxylic acids is 2. The molecule has 2 aromatic rings. The van der Waals surface area contributed by atoms with E-state index in [2.05, 4.69) is 43.4 Å². The number of amides is 1. The maximum absolute atomic E-state index is 12.7. The van der Waals surface area contributed by atoms with Gasteiger partial charge < -0.3 is 15.4 Å². The molecule has 3 heterocycles. The Bertz CT molecular complexity index is 940. The Morgan fingerprint density at radius 1 is 1.32 bits per heavy atom. The van der Waals surface area contributed by atoms with Crippen molar-refractivity contribution in [2.45, 2.75) is 65.6 Å². The highest BCUT2D eigenvalue weighted by Gasteiger charge is 2.42. The van der Waals surface area contributed by atoms with E-state index in [0.717, 1.165) is 21.8 Å². The van der Waals surface area contributed by atoms with Crippen LogP contribution in [0.15, 0.2) is 6.07 Å². The minimum Gasteiger partial charge on any atom is -0.465 e. The number of methoxy groups -OCH3 is 1. The number of esters is 1. The molecular formula is C20H28N4O3S. The van der Waals surface area contributed by atoms with Crippen molar-refractivity contribution in [2.75, 3.05) is 12.4 Å². The smallest absolute Gasteiger partial charge is 0.341 e. The molecule has 0 spiro atoms. The van der Waals surface area contributed by atoms with E-state index in [0.29, 0.717) is 17.0 Å². The van der Waals surface area contributed by atoms with Crippen LogP contribution in [0.3, 0.4) is 0 Å². The second kappa shape index (κ2) is 7.00. The highest BCUT2D eigenvalue weighted by molar-refractivity contribution is 7.17. The minimum absolute atomic E-state index is 0.0932. The van der Waals surface area contributed by atoms with Crippen LogP contribution in [0.5, 0.6) is 0 Å². The quantitative estimate of drug-likeness (QED) is 0.765. The monoisotopic (exact) mass is 404 g/mol. The van der Waals surface area contributed by atoms with Gasteiger partial charge in [-0.05, 0) is 59.6 Å². The van der Waals surface area contributed by atoms with Crippen molar-refractivity contribution in [3.05, 3.63) is 33.5 Å². The van der Waals surface area contributed by atoms with E-state index in [1.165, 1.54) is 18.4 Å². The summed E-state index contributed by atoms with van der Waals surface area (Å²) in [5.74, 6) is -0.646. The Morgan fingerprint density at radius 2 is 2.00 bits per heavy atom. The second-order valence-corrected chi connectivity index (χ2v) is 9.57. The van der Waals surface area contributed by atoms with Gasteiger partial charge in [0, 0.05) is 21.6 Å². The summed E-state index contributed by atoms with van der Waals surface area (Å²) in [5.41, 5.74) is 2.70. The number of anilines is 1. The van der Waals surface area contributed by atoms with Gasteiger partial charge in [0.2, 0.25) is 5.91 Å². The van der Waals surface area contributed by atoms with Crippen molar-refractivity contribution in [1.29, 1.82) is 0 Å². The predicted octanol–water partition coefficient (Wildman–Crippen LogP) is 3.15. The molecule has 0 aromatic carbocycles. The second-order valence-electron chi connectivity index (χ2n) is 8.55. The molecule has 0 radical (unpaired) electrons. The van der Waals surface area contributed by atoms with E-state index >= 15 is 0 Å². The first-order chi connectivity index (χ1) is 12.9. The molecule has 0 saturated carbocycles. The van der Waals surface area contributed by atoms with E-state index in [9.17, 15) is 9.59 Å². The van der Waals surface area contributed by atoms with Crippen molar-refractivity contribution < 1.29 is 14.3 Å². The van der Waals surface area contributed by atoms with Gasteiger partial charge in [-0.2, -0.15) is 5.10 Å². The molecule has 0 unspecified atom stereocenters. The molecule has 152 valence electrons. The number of aryl methyl sites for hydroxylation is 2. The summed E-state index contributed by atoms with van der Waals surface area (Å²) < 4.78 is 6.70. The van der Waals surface area contributed by atoms with Crippen LogP contribution >= 0.6 is 11.3 Å². The molecule has 2 aromatic heterocycles. The van der Waals surface area contributed by atoms with Crippen molar-refractivity contribution in [3.63, 3.8) is 0 Å². The summed E-state index contributed by atoms with van der Waals surface area (Å²) in [6.07, 6.45) is 0.681. The van der Waals surface area contributed by atoms with Crippen LogP contribution in [0.25, 0.3) is 0 Å². The lowest BCUT2D eigenvalue weighted by molar-refractivity contribution is -0.116. The van der Waals surface area contributed by atoms with Gasteiger partial charge in [-0.25, -0.2) is 4.79 Å². The minimum atomic E-state index is -0.424.